The second-order valence-corrected chi connectivity index (χ2v) is 8.04. The molecular formula is C25H43NOV. The van der Waals surface area contributed by atoms with Crippen molar-refractivity contribution in [1.82, 2.24) is 4.90 Å². The standard InChI is InChI=1S/C19H25NO.3C2H6.V/c1-19(21)11-15-13-6-3-2-5-12(13)14-8-10-20-9-4-7-16(19)18(20)17(14)15;3*1-2;/h2-3,5-6,14-18,21H,4,7-11H2,1H3;3*1-2H3;. The van der Waals surface area contributed by atoms with Gasteiger partial charge in [0.2, 0.25) is 0 Å². The molecule has 2 saturated heterocycles. The Morgan fingerprint density at radius 3 is 2.07 bits per heavy atom. The zero-order valence-corrected chi connectivity index (χ0v) is 20.7. The van der Waals surface area contributed by atoms with Gasteiger partial charge in [-0.05, 0) is 74.6 Å². The number of rotatable bonds is 0. The molecule has 28 heavy (non-hydrogen) atoms. The smallest absolute Gasteiger partial charge is 0.0668 e. The maximum Gasteiger partial charge on any atom is 0.0668 e. The summed E-state index contributed by atoms with van der Waals surface area (Å²) in [5, 5.41) is 11.1. The van der Waals surface area contributed by atoms with Crippen molar-refractivity contribution in [2.45, 2.75) is 97.6 Å². The molecule has 2 aliphatic heterocycles. The van der Waals surface area contributed by atoms with Gasteiger partial charge in [0, 0.05) is 30.5 Å². The van der Waals surface area contributed by atoms with Gasteiger partial charge in [-0.15, -0.1) is 0 Å². The number of fused-ring (bicyclic) bond motifs is 3. The summed E-state index contributed by atoms with van der Waals surface area (Å²) >= 11 is 0. The van der Waals surface area contributed by atoms with Crippen LogP contribution in [0.2, 0.25) is 0 Å². The summed E-state index contributed by atoms with van der Waals surface area (Å²) in [6.07, 6.45) is 4.79. The molecule has 2 heterocycles. The van der Waals surface area contributed by atoms with Crippen molar-refractivity contribution in [2.75, 3.05) is 13.1 Å². The average molecular weight is 425 g/mol. The topological polar surface area (TPSA) is 23.5 Å². The van der Waals surface area contributed by atoms with Gasteiger partial charge in [0.1, 0.15) is 0 Å². The van der Waals surface area contributed by atoms with Crippen molar-refractivity contribution in [3.8, 4) is 0 Å². The van der Waals surface area contributed by atoms with Crippen LogP contribution >= 0.6 is 0 Å². The van der Waals surface area contributed by atoms with E-state index in [2.05, 4.69) is 36.1 Å². The Morgan fingerprint density at radius 2 is 1.46 bits per heavy atom. The van der Waals surface area contributed by atoms with Crippen LogP contribution in [0.3, 0.4) is 0 Å². The minimum absolute atomic E-state index is 0. The predicted octanol–water partition coefficient (Wildman–Crippen LogP) is 6.20. The van der Waals surface area contributed by atoms with Crippen LogP contribution in [0.5, 0.6) is 0 Å². The summed E-state index contributed by atoms with van der Waals surface area (Å²) in [5.41, 5.74) is 2.68. The van der Waals surface area contributed by atoms with Crippen LogP contribution in [-0.4, -0.2) is 34.7 Å². The summed E-state index contributed by atoms with van der Waals surface area (Å²) in [7, 11) is 0. The Bertz CT molecular complexity index is 588. The molecule has 1 radical (unpaired) electrons. The third kappa shape index (κ3) is 4.26. The Balaban J connectivity index is 0.000000516. The van der Waals surface area contributed by atoms with E-state index in [1.807, 2.05) is 41.5 Å². The van der Waals surface area contributed by atoms with Crippen molar-refractivity contribution in [1.29, 1.82) is 0 Å². The van der Waals surface area contributed by atoms with E-state index in [9.17, 15) is 5.11 Å². The van der Waals surface area contributed by atoms with Crippen molar-refractivity contribution in [2.24, 2.45) is 11.8 Å². The number of hydrogen-bond acceptors (Lipinski definition) is 2. The van der Waals surface area contributed by atoms with Crippen LogP contribution in [-0.2, 0) is 18.6 Å². The SMILES string of the molecule is CC.CC.CC.CC1(O)CC2c3ccccc3C3CCN4CCCC1C4C32.[V]. The number of nitrogens with zero attached hydrogens (tertiary/aromatic N) is 1. The molecule has 1 saturated carbocycles. The molecule has 1 aromatic rings. The summed E-state index contributed by atoms with van der Waals surface area (Å²) in [6.45, 7) is 16.6. The van der Waals surface area contributed by atoms with Crippen LogP contribution < -0.4 is 0 Å². The zero-order chi connectivity index (χ0) is 20.2. The maximum atomic E-state index is 11.1. The first-order valence-corrected chi connectivity index (χ1v) is 11.7. The fourth-order valence-corrected chi connectivity index (χ4v) is 6.39. The van der Waals surface area contributed by atoms with Gasteiger partial charge in [-0.2, -0.15) is 0 Å². The number of aliphatic hydroxyl groups is 1. The monoisotopic (exact) mass is 424 g/mol. The first kappa shape index (κ1) is 25.8. The molecule has 4 aliphatic rings. The van der Waals surface area contributed by atoms with Crippen LogP contribution in [0.15, 0.2) is 24.3 Å². The number of piperidine rings is 2. The molecule has 3 heteroatoms. The Kier molecular flexibility index (Phi) is 10.3. The molecule has 0 spiro atoms. The van der Waals surface area contributed by atoms with Gasteiger partial charge in [-0.3, -0.25) is 4.90 Å². The third-order valence-electron chi connectivity index (χ3n) is 7.07. The zero-order valence-electron chi connectivity index (χ0n) is 19.3. The summed E-state index contributed by atoms with van der Waals surface area (Å²) in [6, 6.07) is 9.72. The van der Waals surface area contributed by atoms with Gasteiger partial charge in [0.15, 0.2) is 0 Å². The quantitative estimate of drug-likeness (QED) is 0.536. The largest absolute Gasteiger partial charge is 0.390 e. The maximum absolute atomic E-state index is 11.1. The molecule has 0 amide bonds. The van der Waals surface area contributed by atoms with Crippen LogP contribution in [0.25, 0.3) is 0 Å². The van der Waals surface area contributed by atoms with Gasteiger partial charge >= 0.3 is 0 Å². The molecule has 6 unspecified atom stereocenters. The molecule has 2 nitrogen and oxygen atoms in total. The fraction of sp³-hybridized carbons (Fsp3) is 0.760. The minimum atomic E-state index is -0.482. The fourth-order valence-electron chi connectivity index (χ4n) is 6.39. The molecule has 1 aromatic carbocycles. The predicted molar refractivity (Wildman–Crippen MR) is 117 cm³/mol. The van der Waals surface area contributed by atoms with Gasteiger partial charge in [0.05, 0.1) is 5.60 Å². The normalized spacial score (nSPS) is 36.5. The molecule has 6 atom stereocenters. The van der Waals surface area contributed by atoms with E-state index in [0.717, 1.165) is 18.3 Å². The number of benzene rings is 1. The van der Waals surface area contributed by atoms with E-state index in [-0.39, 0.29) is 18.6 Å². The van der Waals surface area contributed by atoms with E-state index < -0.39 is 5.60 Å². The molecule has 1 N–H and O–H groups in total. The van der Waals surface area contributed by atoms with Gasteiger partial charge in [-0.1, -0.05) is 65.8 Å². The Morgan fingerprint density at radius 1 is 0.893 bits per heavy atom. The van der Waals surface area contributed by atoms with Gasteiger partial charge < -0.3 is 5.11 Å². The van der Waals surface area contributed by atoms with E-state index in [0.29, 0.717) is 17.9 Å². The first-order valence-electron chi connectivity index (χ1n) is 11.7. The average Bonchev–Trinajstić information content (AvgIpc) is 3.06. The van der Waals surface area contributed by atoms with Gasteiger partial charge in [-0.25, -0.2) is 0 Å². The van der Waals surface area contributed by atoms with Crippen molar-refractivity contribution in [3.05, 3.63) is 35.4 Å². The molecule has 3 fully saturated rings. The van der Waals surface area contributed by atoms with Crippen molar-refractivity contribution in [3.63, 3.8) is 0 Å². The first-order chi connectivity index (χ1) is 13.2. The summed E-state index contributed by atoms with van der Waals surface area (Å²) in [4.78, 5) is 2.72. The Hall–Kier alpha value is -0.276. The molecule has 0 bridgehead atoms. The molecule has 159 valence electrons. The summed E-state index contributed by atoms with van der Waals surface area (Å²) in [5.74, 6) is 2.60. The minimum Gasteiger partial charge on any atom is -0.390 e. The van der Waals surface area contributed by atoms with Crippen LogP contribution in [0.1, 0.15) is 97.1 Å². The van der Waals surface area contributed by atoms with E-state index in [1.54, 1.807) is 11.1 Å². The van der Waals surface area contributed by atoms with Crippen LogP contribution in [0.4, 0.5) is 0 Å². The Labute approximate surface area is 186 Å². The summed E-state index contributed by atoms with van der Waals surface area (Å²) < 4.78 is 0. The second-order valence-electron chi connectivity index (χ2n) is 8.04. The van der Waals surface area contributed by atoms with E-state index in [4.69, 9.17) is 0 Å². The van der Waals surface area contributed by atoms with E-state index >= 15 is 0 Å². The molecule has 5 rings (SSSR count). The van der Waals surface area contributed by atoms with Crippen LogP contribution in [0, 0.1) is 11.8 Å². The molecular weight excluding hydrogens is 381 g/mol. The molecule has 2 aliphatic carbocycles. The van der Waals surface area contributed by atoms with E-state index in [1.165, 1.54) is 32.4 Å². The molecule has 0 aromatic heterocycles. The van der Waals surface area contributed by atoms with Crippen molar-refractivity contribution < 1.29 is 23.7 Å². The third-order valence-corrected chi connectivity index (χ3v) is 7.07. The second kappa shape index (κ2) is 11.2. The van der Waals surface area contributed by atoms with Gasteiger partial charge in [0.25, 0.3) is 0 Å². The van der Waals surface area contributed by atoms with Crippen molar-refractivity contribution >= 4 is 0 Å². The number of hydrogen-bond donors (Lipinski definition) is 1.